The first-order valence-corrected chi connectivity index (χ1v) is 9.26. The van der Waals surface area contributed by atoms with E-state index in [9.17, 15) is 9.18 Å². The summed E-state index contributed by atoms with van der Waals surface area (Å²) >= 11 is 1.47. The Morgan fingerprint density at radius 3 is 2.88 bits per heavy atom. The Morgan fingerprint density at radius 2 is 2.04 bits per heavy atom. The number of aromatic nitrogens is 1. The standard InChI is InChI=1S/C20H17FN2O2S/c21-16-7-5-13(6-8-16)17-12-26-19(23-17)10-22-20(24)15-9-14-3-1-2-4-18(14)25-11-15/h1-8,12,15H,9-11H2,(H,22,24). The van der Waals surface area contributed by atoms with Gasteiger partial charge in [-0.25, -0.2) is 9.37 Å². The van der Waals surface area contributed by atoms with Gasteiger partial charge in [0.05, 0.1) is 18.2 Å². The molecule has 26 heavy (non-hydrogen) atoms. The van der Waals surface area contributed by atoms with Crippen LogP contribution in [0.25, 0.3) is 11.3 Å². The lowest BCUT2D eigenvalue weighted by Crippen LogP contribution is -2.37. The third kappa shape index (κ3) is 3.60. The van der Waals surface area contributed by atoms with Crippen LogP contribution in [-0.2, 0) is 17.8 Å². The molecule has 3 aromatic rings. The van der Waals surface area contributed by atoms with E-state index in [1.54, 1.807) is 12.1 Å². The van der Waals surface area contributed by atoms with Crippen LogP contribution in [0.3, 0.4) is 0 Å². The largest absolute Gasteiger partial charge is 0.492 e. The molecule has 6 heteroatoms. The molecular formula is C20H17FN2O2S. The van der Waals surface area contributed by atoms with E-state index in [2.05, 4.69) is 10.3 Å². The van der Waals surface area contributed by atoms with E-state index in [0.717, 1.165) is 27.6 Å². The molecule has 1 N–H and O–H groups in total. The van der Waals surface area contributed by atoms with Crippen molar-refractivity contribution < 1.29 is 13.9 Å². The minimum Gasteiger partial charge on any atom is -0.492 e. The van der Waals surface area contributed by atoms with Gasteiger partial charge in [0.15, 0.2) is 0 Å². The molecule has 1 aromatic heterocycles. The molecule has 0 spiro atoms. The van der Waals surface area contributed by atoms with Gasteiger partial charge < -0.3 is 10.1 Å². The van der Waals surface area contributed by atoms with Gasteiger partial charge in [-0.15, -0.1) is 11.3 Å². The molecule has 0 radical (unpaired) electrons. The third-order valence-corrected chi connectivity index (χ3v) is 5.20. The number of ether oxygens (including phenoxy) is 1. The number of amides is 1. The first kappa shape index (κ1) is 16.7. The highest BCUT2D eigenvalue weighted by atomic mass is 32.1. The van der Waals surface area contributed by atoms with Gasteiger partial charge in [-0.1, -0.05) is 18.2 Å². The van der Waals surface area contributed by atoms with Gasteiger partial charge in [-0.2, -0.15) is 0 Å². The second-order valence-corrected chi connectivity index (χ2v) is 7.11. The Kier molecular flexibility index (Phi) is 4.67. The smallest absolute Gasteiger partial charge is 0.227 e. The molecule has 1 amide bonds. The van der Waals surface area contributed by atoms with Crippen molar-refractivity contribution in [2.24, 2.45) is 5.92 Å². The molecule has 0 bridgehead atoms. The fourth-order valence-electron chi connectivity index (χ4n) is 2.95. The van der Waals surface area contributed by atoms with Crippen LogP contribution in [0.5, 0.6) is 5.75 Å². The topological polar surface area (TPSA) is 51.2 Å². The number of carbonyl (C=O) groups excluding carboxylic acids is 1. The number of thiazole rings is 1. The Hall–Kier alpha value is -2.73. The summed E-state index contributed by atoms with van der Waals surface area (Å²) in [7, 11) is 0. The number of hydrogen-bond acceptors (Lipinski definition) is 4. The van der Waals surface area contributed by atoms with Gasteiger partial charge in [0.25, 0.3) is 0 Å². The van der Waals surface area contributed by atoms with Gasteiger partial charge in [0, 0.05) is 10.9 Å². The summed E-state index contributed by atoms with van der Waals surface area (Å²) in [5, 5.41) is 5.67. The van der Waals surface area contributed by atoms with E-state index >= 15 is 0 Å². The SMILES string of the molecule is O=C(NCc1nc(-c2ccc(F)cc2)cs1)C1COc2ccccc2C1. The molecule has 4 nitrogen and oxygen atoms in total. The molecule has 0 saturated heterocycles. The van der Waals surface area contributed by atoms with E-state index in [1.807, 2.05) is 29.6 Å². The maximum absolute atomic E-state index is 13.0. The summed E-state index contributed by atoms with van der Waals surface area (Å²) in [5.41, 5.74) is 2.71. The van der Waals surface area contributed by atoms with Crippen molar-refractivity contribution in [2.45, 2.75) is 13.0 Å². The summed E-state index contributed by atoms with van der Waals surface area (Å²) < 4.78 is 18.7. The summed E-state index contributed by atoms with van der Waals surface area (Å²) in [6.07, 6.45) is 0.681. The summed E-state index contributed by atoms with van der Waals surface area (Å²) in [4.78, 5) is 17.0. The van der Waals surface area contributed by atoms with Crippen molar-refractivity contribution in [1.29, 1.82) is 0 Å². The lowest BCUT2D eigenvalue weighted by atomic mass is 9.96. The molecule has 0 aliphatic carbocycles. The molecule has 4 rings (SSSR count). The minimum atomic E-state index is -0.271. The Bertz CT molecular complexity index is 924. The lowest BCUT2D eigenvalue weighted by Gasteiger charge is -2.24. The second kappa shape index (κ2) is 7.25. The Balaban J connectivity index is 1.36. The van der Waals surface area contributed by atoms with Crippen LogP contribution in [0.15, 0.2) is 53.9 Å². The minimum absolute atomic E-state index is 0.0296. The molecular weight excluding hydrogens is 351 g/mol. The van der Waals surface area contributed by atoms with Gasteiger partial charge in [-0.3, -0.25) is 4.79 Å². The van der Waals surface area contributed by atoms with E-state index in [1.165, 1.54) is 23.5 Å². The van der Waals surface area contributed by atoms with E-state index in [-0.39, 0.29) is 17.6 Å². The second-order valence-electron chi connectivity index (χ2n) is 6.17. The summed E-state index contributed by atoms with van der Waals surface area (Å²) in [6, 6.07) is 14.0. The number of rotatable bonds is 4. The number of nitrogens with one attached hydrogen (secondary N) is 1. The Labute approximate surface area is 154 Å². The molecule has 1 aliphatic heterocycles. The van der Waals surface area contributed by atoms with Crippen LogP contribution in [0.4, 0.5) is 4.39 Å². The molecule has 2 aromatic carbocycles. The van der Waals surface area contributed by atoms with Crippen LogP contribution >= 0.6 is 11.3 Å². The van der Waals surface area contributed by atoms with Crippen molar-refractivity contribution in [3.63, 3.8) is 0 Å². The number of benzene rings is 2. The molecule has 1 unspecified atom stereocenters. The van der Waals surface area contributed by atoms with Crippen LogP contribution < -0.4 is 10.1 Å². The highest BCUT2D eigenvalue weighted by Crippen LogP contribution is 2.27. The maximum atomic E-state index is 13.0. The normalized spacial score (nSPS) is 15.8. The number of para-hydroxylation sites is 1. The number of nitrogens with zero attached hydrogens (tertiary/aromatic N) is 1. The predicted octanol–water partition coefficient (Wildman–Crippen LogP) is 3.82. The summed E-state index contributed by atoms with van der Waals surface area (Å²) in [5.74, 6) is 0.368. The summed E-state index contributed by atoms with van der Waals surface area (Å²) in [6.45, 7) is 0.768. The monoisotopic (exact) mass is 368 g/mol. The fraction of sp³-hybridized carbons (Fsp3) is 0.200. The van der Waals surface area contributed by atoms with Crippen LogP contribution in [0.1, 0.15) is 10.6 Å². The van der Waals surface area contributed by atoms with Gasteiger partial charge >= 0.3 is 0 Å². The first-order chi connectivity index (χ1) is 12.7. The number of carbonyl (C=O) groups is 1. The van der Waals surface area contributed by atoms with Gasteiger partial charge in [0.1, 0.15) is 23.2 Å². The van der Waals surface area contributed by atoms with Crippen LogP contribution in [-0.4, -0.2) is 17.5 Å². The number of hydrogen-bond donors (Lipinski definition) is 1. The van der Waals surface area contributed by atoms with E-state index in [0.29, 0.717) is 19.6 Å². The van der Waals surface area contributed by atoms with E-state index < -0.39 is 0 Å². The highest BCUT2D eigenvalue weighted by Gasteiger charge is 2.25. The van der Waals surface area contributed by atoms with E-state index in [4.69, 9.17) is 4.74 Å². The first-order valence-electron chi connectivity index (χ1n) is 8.38. The highest BCUT2D eigenvalue weighted by molar-refractivity contribution is 7.09. The number of fused-ring (bicyclic) bond motifs is 1. The van der Waals surface area contributed by atoms with Crippen LogP contribution in [0.2, 0.25) is 0 Å². The molecule has 0 saturated carbocycles. The molecule has 132 valence electrons. The third-order valence-electron chi connectivity index (χ3n) is 4.36. The van der Waals surface area contributed by atoms with Crippen molar-refractivity contribution in [3.05, 3.63) is 70.3 Å². The zero-order chi connectivity index (χ0) is 17.9. The Morgan fingerprint density at radius 1 is 1.23 bits per heavy atom. The predicted molar refractivity (Wildman–Crippen MR) is 98.5 cm³/mol. The zero-order valence-corrected chi connectivity index (χ0v) is 14.8. The molecule has 1 aliphatic rings. The average Bonchev–Trinajstić information content (AvgIpc) is 3.15. The quantitative estimate of drug-likeness (QED) is 0.762. The van der Waals surface area contributed by atoms with Crippen molar-refractivity contribution in [3.8, 4) is 17.0 Å². The van der Waals surface area contributed by atoms with Gasteiger partial charge in [0.2, 0.25) is 5.91 Å². The maximum Gasteiger partial charge on any atom is 0.227 e. The fourth-order valence-corrected chi connectivity index (χ4v) is 3.69. The zero-order valence-electron chi connectivity index (χ0n) is 13.9. The number of halogens is 1. The van der Waals surface area contributed by atoms with Crippen molar-refractivity contribution in [1.82, 2.24) is 10.3 Å². The molecule has 0 fully saturated rings. The van der Waals surface area contributed by atoms with Crippen molar-refractivity contribution in [2.75, 3.05) is 6.61 Å². The van der Waals surface area contributed by atoms with Crippen LogP contribution in [0, 0.1) is 11.7 Å². The average molecular weight is 368 g/mol. The van der Waals surface area contributed by atoms with Crippen molar-refractivity contribution >= 4 is 17.2 Å². The van der Waals surface area contributed by atoms with Gasteiger partial charge in [-0.05, 0) is 42.3 Å². The molecule has 1 atom stereocenters. The lowest BCUT2D eigenvalue weighted by molar-refractivity contribution is -0.126. The molecule has 2 heterocycles.